The van der Waals surface area contributed by atoms with Crippen molar-refractivity contribution in [3.63, 3.8) is 0 Å². The normalized spacial score (nSPS) is 24.4. The van der Waals surface area contributed by atoms with Crippen molar-refractivity contribution in [1.29, 1.82) is 0 Å². The van der Waals surface area contributed by atoms with Crippen LogP contribution >= 0.6 is 11.6 Å². The van der Waals surface area contributed by atoms with E-state index in [0.717, 1.165) is 31.4 Å². The average molecular weight is 336 g/mol. The van der Waals surface area contributed by atoms with E-state index in [4.69, 9.17) is 11.6 Å². The Kier molecular flexibility index (Phi) is 4.23. The molecule has 23 heavy (non-hydrogen) atoms. The van der Waals surface area contributed by atoms with Crippen LogP contribution in [0.3, 0.4) is 0 Å². The summed E-state index contributed by atoms with van der Waals surface area (Å²) in [7, 11) is 1.85. The average Bonchev–Trinajstić information content (AvgIpc) is 2.94. The number of carbonyl (C=O) groups is 2. The maximum absolute atomic E-state index is 12.6. The van der Waals surface area contributed by atoms with Crippen molar-refractivity contribution >= 4 is 29.2 Å². The number of aryl methyl sites for hydroxylation is 1. The molecule has 2 heterocycles. The molecule has 3 amide bonds. The molecule has 124 valence electrons. The number of urea groups is 1. The van der Waals surface area contributed by atoms with E-state index in [1.807, 2.05) is 26.1 Å². The molecule has 1 atom stereocenters. The minimum atomic E-state index is -0.389. The Balaban J connectivity index is 1.72. The molecule has 0 bridgehead atoms. The maximum Gasteiger partial charge on any atom is 0.321 e. The molecular weight excluding hydrogens is 314 g/mol. The summed E-state index contributed by atoms with van der Waals surface area (Å²) in [6.07, 6.45) is 2.61. The first-order valence-electron chi connectivity index (χ1n) is 8.00. The van der Waals surface area contributed by atoms with E-state index in [1.165, 1.54) is 0 Å². The predicted octanol–water partition coefficient (Wildman–Crippen LogP) is 3.12. The van der Waals surface area contributed by atoms with Crippen molar-refractivity contribution < 1.29 is 9.59 Å². The van der Waals surface area contributed by atoms with Gasteiger partial charge in [-0.05, 0) is 37.8 Å². The standard InChI is InChI=1S/C17H22ClN3O2/c1-12-5-3-6-13(18)14(12)19-16(23)21-10-8-17(11-21)7-4-9-20(2)15(17)22/h3,5-6H,4,7-11H2,1-2H3,(H,19,23)/t17-/m1/s1. The lowest BCUT2D eigenvalue weighted by Crippen LogP contribution is -2.49. The van der Waals surface area contributed by atoms with Gasteiger partial charge in [0.25, 0.3) is 0 Å². The van der Waals surface area contributed by atoms with E-state index in [2.05, 4.69) is 5.32 Å². The number of nitrogens with one attached hydrogen (secondary N) is 1. The van der Waals surface area contributed by atoms with Crippen molar-refractivity contribution in [3.05, 3.63) is 28.8 Å². The van der Waals surface area contributed by atoms with Gasteiger partial charge in [-0.15, -0.1) is 0 Å². The third-order valence-corrected chi connectivity index (χ3v) is 5.36. The summed E-state index contributed by atoms with van der Waals surface area (Å²) in [6.45, 7) is 3.82. The van der Waals surface area contributed by atoms with E-state index in [0.29, 0.717) is 23.8 Å². The highest BCUT2D eigenvalue weighted by Crippen LogP contribution is 2.40. The van der Waals surface area contributed by atoms with Crippen molar-refractivity contribution in [3.8, 4) is 0 Å². The second-order valence-corrected chi connectivity index (χ2v) is 7.05. The summed E-state index contributed by atoms with van der Waals surface area (Å²) in [4.78, 5) is 28.6. The monoisotopic (exact) mass is 335 g/mol. The lowest BCUT2D eigenvalue weighted by Gasteiger charge is -2.37. The van der Waals surface area contributed by atoms with Gasteiger partial charge in [-0.1, -0.05) is 23.7 Å². The molecule has 2 aliphatic rings. The highest BCUT2D eigenvalue weighted by atomic mass is 35.5. The number of halogens is 1. The second kappa shape index (κ2) is 6.04. The van der Waals surface area contributed by atoms with Crippen molar-refractivity contribution in [2.24, 2.45) is 5.41 Å². The van der Waals surface area contributed by atoms with Gasteiger partial charge in [0.05, 0.1) is 16.1 Å². The van der Waals surface area contributed by atoms with E-state index in [9.17, 15) is 9.59 Å². The first-order valence-corrected chi connectivity index (χ1v) is 8.37. The van der Waals surface area contributed by atoms with Crippen molar-refractivity contribution in [1.82, 2.24) is 9.80 Å². The van der Waals surface area contributed by atoms with Crippen LogP contribution in [-0.4, -0.2) is 48.4 Å². The molecule has 2 saturated heterocycles. The van der Waals surface area contributed by atoms with Crippen LogP contribution in [0.5, 0.6) is 0 Å². The van der Waals surface area contributed by atoms with Crippen LogP contribution < -0.4 is 5.32 Å². The minimum absolute atomic E-state index is 0.174. The van der Waals surface area contributed by atoms with Crippen LogP contribution in [0.15, 0.2) is 18.2 Å². The van der Waals surface area contributed by atoms with Gasteiger partial charge in [0.1, 0.15) is 0 Å². The van der Waals surface area contributed by atoms with Gasteiger partial charge in [0.15, 0.2) is 0 Å². The molecule has 1 N–H and O–H groups in total. The first-order chi connectivity index (χ1) is 10.9. The van der Waals surface area contributed by atoms with Crippen LogP contribution in [0.4, 0.5) is 10.5 Å². The summed E-state index contributed by atoms with van der Waals surface area (Å²) in [5, 5.41) is 3.43. The lowest BCUT2D eigenvalue weighted by molar-refractivity contribution is -0.143. The Hall–Kier alpha value is -1.75. The van der Waals surface area contributed by atoms with Crippen LogP contribution in [0.2, 0.25) is 5.02 Å². The largest absolute Gasteiger partial charge is 0.345 e. The highest BCUT2D eigenvalue weighted by Gasteiger charge is 2.48. The summed E-state index contributed by atoms with van der Waals surface area (Å²) in [5.74, 6) is 0.174. The van der Waals surface area contributed by atoms with E-state index >= 15 is 0 Å². The van der Waals surface area contributed by atoms with Gasteiger partial charge >= 0.3 is 6.03 Å². The number of carbonyl (C=O) groups excluding carboxylic acids is 2. The summed E-state index contributed by atoms with van der Waals surface area (Å²) in [6, 6.07) is 5.34. The van der Waals surface area contributed by atoms with Crippen molar-refractivity contribution in [2.45, 2.75) is 26.2 Å². The zero-order chi connectivity index (χ0) is 16.6. The number of piperidine rings is 1. The molecular formula is C17H22ClN3O2. The number of anilines is 1. The molecule has 1 aromatic carbocycles. The molecule has 0 unspecified atom stereocenters. The number of hydrogen-bond acceptors (Lipinski definition) is 2. The Labute approximate surface area is 141 Å². The fourth-order valence-corrected chi connectivity index (χ4v) is 3.94. The quantitative estimate of drug-likeness (QED) is 0.857. The summed E-state index contributed by atoms with van der Waals surface area (Å²) in [5.41, 5.74) is 1.18. The van der Waals surface area contributed by atoms with E-state index in [-0.39, 0.29) is 17.4 Å². The molecule has 0 aromatic heterocycles. The SMILES string of the molecule is Cc1cccc(Cl)c1NC(=O)N1CC[C@]2(CCCN(C)C2=O)C1. The molecule has 5 nitrogen and oxygen atoms in total. The highest BCUT2D eigenvalue weighted by molar-refractivity contribution is 6.33. The van der Waals surface area contributed by atoms with Gasteiger partial charge in [-0.2, -0.15) is 0 Å². The fraction of sp³-hybridized carbons (Fsp3) is 0.529. The Bertz CT molecular complexity index is 628. The molecule has 2 aliphatic heterocycles. The summed E-state index contributed by atoms with van der Waals surface area (Å²) >= 11 is 6.17. The molecule has 0 saturated carbocycles. The third kappa shape index (κ3) is 2.90. The van der Waals surface area contributed by atoms with Gasteiger partial charge in [0.2, 0.25) is 5.91 Å². The molecule has 1 aromatic rings. The zero-order valence-corrected chi connectivity index (χ0v) is 14.3. The molecule has 0 radical (unpaired) electrons. The van der Waals surface area contributed by atoms with E-state index < -0.39 is 0 Å². The maximum atomic E-state index is 12.6. The lowest BCUT2D eigenvalue weighted by atomic mass is 9.78. The minimum Gasteiger partial charge on any atom is -0.345 e. The number of benzene rings is 1. The van der Waals surface area contributed by atoms with E-state index in [1.54, 1.807) is 15.9 Å². The smallest absolute Gasteiger partial charge is 0.321 e. The van der Waals surface area contributed by atoms with Gasteiger partial charge in [0, 0.05) is 26.7 Å². The number of para-hydroxylation sites is 1. The van der Waals surface area contributed by atoms with Crippen LogP contribution in [0.1, 0.15) is 24.8 Å². The third-order valence-electron chi connectivity index (χ3n) is 5.04. The van der Waals surface area contributed by atoms with Crippen molar-refractivity contribution in [2.75, 3.05) is 32.0 Å². The van der Waals surface area contributed by atoms with Gasteiger partial charge < -0.3 is 15.1 Å². The Morgan fingerprint density at radius 3 is 2.83 bits per heavy atom. The van der Waals surface area contributed by atoms with Gasteiger partial charge in [-0.3, -0.25) is 4.79 Å². The van der Waals surface area contributed by atoms with Gasteiger partial charge in [-0.25, -0.2) is 4.79 Å². The second-order valence-electron chi connectivity index (χ2n) is 6.64. The molecule has 6 heteroatoms. The predicted molar refractivity (Wildman–Crippen MR) is 90.7 cm³/mol. The zero-order valence-electron chi connectivity index (χ0n) is 13.6. The number of amides is 3. The Morgan fingerprint density at radius 2 is 2.09 bits per heavy atom. The molecule has 3 rings (SSSR count). The van der Waals surface area contributed by atoms with Crippen LogP contribution in [0.25, 0.3) is 0 Å². The number of likely N-dealkylation sites (tertiary alicyclic amines) is 2. The van der Waals surface area contributed by atoms with Crippen LogP contribution in [-0.2, 0) is 4.79 Å². The topological polar surface area (TPSA) is 52.7 Å². The number of rotatable bonds is 1. The fourth-order valence-electron chi connectivity index (χ4n) is 3.67. The van der Waals surface area contributed by atoms with Crippen LogP contribution in [0, 0.1) is 12.3 Å². The summed E-state index contributed by atoms with van der Waals surface area (Å²) < 4.78 is 0. The molecule has 1 spiro atoms. The molecule has 0 aliphatic carbocycles. The number of nitrogens with zero attached hydrogens (tertiary/aromatic N) is 2. The molecule has 2 fully saturated rings. The first kappa shape index (κ1) is 16.1. The Morgan fingerprint density at radius 1 is 1.30 bits per heavy atom. The number of hydrogen-bond donors (Lipinski definition) is 1.